The fourth-order valence-electron chi connectivity index (χ4n) is 1.83. The van der Waals surface area contributed by atoms with Crippen LogP contribution in [0.1, 0.15) is 34.1 Å². The molecule has 0 rings (SSSR count). The predicted octanol–water partition coefficient (Wildman–Crippen LogP) is 2.29. The Hall–Kier alpha value is -0.163. The molecule has 0 aliphatic heterocycles. The van der Waals surface area contributed by atoms with Crippen molar-refractivity contribution in [3.05, 3.63) is 0 Å². The van der Waals surface area contributed by atoms with Gasteiger partial charge in [0.25, 0.3) is 9.84 Å². The lowest BCUT2D eigenvalue weighted by molar-refractivity contribution is -0.0451. The maximum atomic E-state index is 12.8. The zero-order valence-electron chi connectivity index (χ0n) is 12.0. The van der Waals surface area contributed by atoms with Crippen LogP contribution in [0, 0.1) is 0 Å². The molecule has 0 aliphatic rings. The monoisotopic (exact) mass is 338 g/mol. The Morgan fingerprint density at radius 2 is 1.30 bits per heavy atom. The van der Waals surface area contributed by atoms with Crippen LogP contribution in [0.3, 0.4) is 0 Å². The van der Waals surface area contributed by atoms with E-state index in [2.05, 4.69) is 0 Å². The molecule has 0 bridgehead atoms. The quantitative estimate of drug-likeness (QED) is 0.604. The van der Waals surface area contributed by atoms with E-state index in [-0.39, 0.29) is 26.2 Å². The van der Waals surface area contributed by atoms with Gasteiger partial charge in [-0.05, 0) is 27.2 Å². The van der Waals surface area contributed by atoms with Crippen molar-refractivity contribution in [1.29, 1.82) is 0 Å². The Bertz CT molecular complexity index is 368. The first-order chi connectivity index (χ1) is 9.12. The van der Waals surface area contributed by atoms with E-state index in [1.54, 1.807) is 20.8 Å². The molecule has 5 nitrogen and oxygen atoms in total. The van der Waals surface area contributed by atoms with Gasteiger partial charge in [0.05, 0.1) is 0 Å². The van der Waals surface area contributed by atoms with Crippen LogP contribution in [0.4, 0.5) is 13.2 Å². The van der Waals surface area contributed by atoms with E-state index in [9.17, 15) is 21.6 Å². The van der Waals surface area contributed by atoms with E-state index in [0.29, 0.717) is 0 Å². The fraction of sp³-hybridized carbons (Fsp3) is 1.00. The van der Waals surface area contributed by atoms with Crippen molar-refractivity contribution in [2.75, 3.05) is 19.8 Å². The van der Waals surface area contributed by atoms with E-state index < -0.39 is 29.0 Å². The predicted molar refractivity (Wildman–Crippen MR) is 69.7 cm³/mol. The van der Waals surface area contributed by atoms with E-state index in [4.69, 9.17) is 13.3 Å². The molecule has 1 atom stereocenters. The molecule has 10 heteroatoms. The minimum absolute atomic E-state index is 0.0100. The van der Waals surface area contributed by atoms with Crippen LogP contribution in [-0.4, -0.2) is 47.4 Å². The van der Waals surface area contributed by atoms with Crippen LogP contribution in [-0.2, 0) is 23.1 Å². The molecule has 0 radical (unpaired) electrons. The first-order valence-corrected chi connectivity index (χ1v) is 9.69. The number of halogens is 3. The molecule has 0 saturated heterocycles. The molecule has 1 unspecified atom stereocenters. The first kappa shape index (κ1) is 19.8. The van der Waals surface area contributed by atoms with Gasteiger partial charge in [-0.3, -0.25) is 0 Å². The maximum Gasteiger partial charge on any atom is 0.520 e. The van der Waals surface area contributed by atoms with E-state index >= 15 is 0 Å². The van der Waals surface area contributed by atoms with Crippen molar-refractivity contribution in [2.24, 2.45) is 0 Å². The van der Waals surface area contributed by atoms with Crippen LogP contribution in [0.15, 0.2) is 0 Å². The molecular weight excluding hydrogens is 317 g/mol. The molecule has 0 aromatic carbocycles. The smallest absolute Gasteiger partial charge is 0.373 e. The van der Waals surface area contributed by atoms with Crippen LogP contribution < -0.4 is 0 Å². The van der Waals surface area contributed by atoms with Crippen molar-refractivity contribution < 1.29 is 34.9 Å². The van der Waals surface area contributed by atoms with Gasteiger partial charge in [-0.1, -0.05) is 6.92 Å². The van der Waals surface area contributed by atoms with Crippen molar-refractivity contribution in [2.45, 2.75) is 44.5 Å². The normalized spacial score (nSPS) is 15.3. The molecule has 0 fully saturated rings. The van der Waals surface area contributed by atoms with Crippen molar-refractivity contribution in [3.8, 4) is 0 Å². The highest BCUT2D eigenvalue weighted by Gasteiger charge is 2.63. The molecular formula is C10H21F3O5SSi. The van der Waals surface area contributed by atoms with Crippen molar-refractivity contribution in [3.63, 3.8) is 0 Å². The standard InChI is InChI=1S/C10H21F3O5SSi/c1-5-9(19(14,15)10(11,12)13)20(16-6-2,17-7-3)18-8-4/h9H,5-8H2,1-4H3. The lowest BCUT2D eigenvalue weighted by Gasteiger charge is -2.34. The lowest BCUT2D eigenvalue weighted by Crippen LogP contribution is -2.61. The van der Waals surface area contributed by atoms with Gasteiger partial charge in [-0.15, -0.1) is 0 Å². The van der Waals surface area contributed by atoms with Gasteiger partial charge in [0, 0.05) is 19.8 Å². The second-order valence-electron chi connectivity index (χ2n) is 3.79. The summed E-state index contributed by atoms with van der Waals surface area (Å²) in [5.74, 6) is 0. The molecule has 0 aromatic rings. The van der Waals surface area contributed by atoms with Crippen LogP contribution in [0.25, 0.3) is 0 Å². The molecule has 0 heterocycles. The Morgan fingerprint density at radius 3 is 1.50 bits per heavy atom. The zero-order valence-corrected chi connectivity index (χ0v) is 13.8. The van der Waals surface area contributed by atoms with Gasteiger partial charge in [0.2, 0.25) is 0 Å². The maximum absolute atomic E-state index is 12.8. The van der Waals surface area contributed by atoms with Crippen molar-refractivity contribution >= 4 is 18.6 Å². The second-order valence-corrected chi connectivity index (χ2v) is 9.10. The zero-order chi connectivity index (χ0) is 16.0. The second kappa shape index (κ2) is 7.73. The molecule has 0 aliphatic carbocycles. The van der Waals surface area contributed by atoms with Gasteiger partial charge in [0.1, 0.15) is 4.87 Å². The van der Waals surface area contributed by atoms with Gasteiger partial charge in [0.15, 0.2) is 0 Å². The number of hydrogen-bond acceptors (Lipinski definition) is 5. The first-order valence-electron chi connectivity index (χ1n) is 6.34. The summed E-state index contributed by atoms with van der Waals surface area (Å²) in [5.41, 5.74) is -5.36. The van der Waals surface area contributed by atoms with Gasteiger partial charge < -0.3 is 13.3 Å². The third kappa shape index (κ3) is 4.17. The molecule has 0 N–H and O–H groups in total. The van der Waals surface area contributed by atoms with Crippen LogP contribution in [0.5, 0.6) is 0 Å². The molecule has 20 heavy (non-hydrogen) atoms. The highest BCUT2D eigenvalue weighted by Crippen LogP contribution is 2.34. The SMILES string of the molecule is CCO[Si](OCC)(OCC)C(CC)S(=O)(=O)C(F)(F)F. The summed E-state index contributed by atoms with van der Waals surface area (Å²) in [6.45, 7) is 6.02. The fourth-order valence-corrected chi connectivity index (χ4v) is 7.64. The number of hydrogen-bond donors (Lipinski definition) is 0. The van der Waals surface area contributed by atoms with Crippen molar-refractivity contribution in [1.82, 2.24) is 0 Å². The van der Waals surface area contributed by atoms with Crippen LogP contribution >= 0.6 is 0 Å². The molecule has 122 valence electrons. The lowest BCUT2D eigenvalue weighted by atomic mass is 10.6. The van der Waals surface area contributed by atoms with E-state index in [0.717, 1.165) is 0 Å². The van der Waals surface area contributed by atoms with Gasteiger partial charge in [-0.2, -0.15) is 13.2 Å². The molecule has 0 spiro atoms. The summed E-state index contributed by atoms with van der Waals surface area (Å²) >= 11 is 0. The molecule has 0 saturated carbocycles. The largest absolute Gasteiger partial charge is 0.520 e. The number of alkyl halides is 3. The minimum Gasteiger partial charge on any atom is -0.373 e. The summed E-state index contributed by atoms with van der Waals surface area (Å²) in [6.07, 6.45) is -0.298. The van der Waals surface area contributed by atoms with Gasteiger partial charge in [-0.25, -0.2) is 8.42 Å². The third-order valence-corrected chi connectivity index (χ3v) is 9.29. The summed E-state index contributed by atoms with van der Waals surface area (Å²) in [5, 5.41) is 0. The minimum atomic E-state index is -5.43. The Morgan fingerprint density at radius 1 is 0.950 bits per heavy atom. The topological polar surface area (TPSA) is 61.8 Å². The Balaban J connectivity index is 5.82. The summed E-state index contributed by atoms with van der Waals surface area (Å²) in [4.78, 5) is -1.85. The average Bonchev–Trinajstić information content (AvgIpc) is 2.28. The van der Waals surface area contributed by atoms with Gasteiger partial charge >= 0.3 is 14.3 Å². The summed E-state index contributed by atoms with van der Waals surface area (Å²) in [7, 11) is -9.40. The van der Waals surface area contributed by atoms with Crippen LogP contribution in [0.2, 0.25) is 0 Å². The third-order valence-electron chi connectivity index (χ3n) is 2.50. The highest BCUT2D eigenvalue weighted by atomic mass is 32.2. The number of sulfone groups is 1. The Kier molecular flexibility index (Phi) is 7.67. The molecule has 0 amide bonds. The Labute approximate surface area is 118 Å². The average molecular weight is 338 g/mol. The summed E-state index contributed by atoms with van der Waals surface area (Å²) < 4.78 is 77.6. The highest BCUT2D eigenvalue weighted by molar-refractivity contribution is 7.94. The summed E-state index contributed by atoms with van der Waals surface area (Å²) in [6, 6.07) is 0. The number of rotatable bonds is 9. The molecule has 0 aromatic heterocycles. The van der Waals surface area contributed by atoms with E-state index in [1.807, 2.05) is 0 Å². The van der Waals surface area contributed by atoms with E-state index in [1.165, 1.54) is 6.92 Å².